The Kier molecular flexibility index (Phi) is 3.96. The number of aryl methyl sites for hydroxylation is 1. The SMILES string of the molecule is Cc1ccc2nc(CCl)n(C(C)CC(C)C)c2c1. The highest BCUT2D eigenvalue weighted by atomic mass is 35.5. The van der Waals surface area contributed by atoms with Gasteiger partial charge in [0.05, 0.1) is 16.9 Å². The molecule has 1 heterocycles. The zero-order valence-electron chi connectivity index (χ0n) is 11.6. The number of halogens is 1. The van der Waals surface area contributed by atoms with Gasteiger partial charge in [0.25, 0.3) is 0 Å². The number of imidazole rings is 1. The fourth-order valence-electron chi connectivity index (χ4n) is 2.63. The monoisotopic (exact) mass is 264 g/mol. The molecule has 0 aliphatic carbocycles. The van der Waals surface area contributed by atoms with E-state index in [1.165, 1.54) is 11.1 Å². The number of fused-ring (bicyclic) bond motifs is 1. The van der Waals surface area contributed by atoms with Crippen LogP contribution in [-0.2, 0) is 5.88 Å². The van der Waals surface area contributed by atoms with Crippen molar-refractivity contribution in [1.29, 1.82) is 0 Å². The fraction of sp³-hybridized carbons (Fsp3) is 0.533. The Labute approximate surface area is 114 Å². The van der Waals surface area contributed by atoms with Crippen LogP contribution in [-0.4, -0.2) is 9.55 Å². The molecular weight excluding hydrogens is 244 g/mol. The van der Waals surface area contributed by atoms with Gasteiger partial charge in [0.1, 0.15) is 5.82 Å². The van der Waals surface area contributed by atoms with Crippen LogP contribution < -0.4 is 0 Å². The molecule has 1 aromatic heterocycles. The lowest BCUT2D eigenvalue weighted by Gasteiger charge is -2.19. The van der Waals surface area contributed by atoms with Crippen molar-refractivity contribution in [2.24, 2.45) is 5.92 Å². The Morgan fingerprint density at radius 2 is 2.00 bits per heavy atom. The van der Waals surface area contributed by atoms with Crippen molar-refractivity contribution in [2.75, 3.05) is 0 Å². The third-order valence-electron chi connectivity index (χ3n) is 3.29. The summed E-state index contributed by atoms with van der Waals surface area (Å²) in [6.45, 7) is 8.87. The number of nitrogens with zero attached hydrogens (tertiary/aromatic N) is 2. The summed E-state index contributed by atoms with van der Waals surface area (Å²) in [5.41, 5.74) is 3.52. The molecule has 0 saturated heterocycles. The van der Waals surface area contributed by atoms with Gasteiger partial charge in [-0.05, 0) is 43.9 Å². The van der Waals surface area contributed by atoms with Crippen LogP contribution in [0.25, 0.3) is 11.0 Å². The summed E-state index contributed by atoms with van der Waals surface area (Å²) in [5.74, 6) is 2.12. The molecule has 0 radical (unpaired) electrons. The summed E-state index contributed by atoms with van der Waals surface area (Å²) in [7, 11) is 0. The molecular formula is C15H21ClN2. The lowest BCUT2D eigenvalue weighted by atomic mass is 10.0. The molecule has 0 aliphatic heterocycles. The van der Waals surface area contributed by atoms with Crippen molar-refractivity contribution in [1.82, 2.24) is 9.55 Å². The minimum atomic E-state index is 0.436. The molecule has 2 aromatic rings. The topological polar surface area (TPSA) is 17.8 Å². The molecule has 1 unspecified atom stereocenters. The molecule has 0 saturated carbocycles. The average molecular weight is 265 g/mol. The van der Waals surface area contributed by atoms with E-state index in [2.05, 4.69) is 55.4 Å². The summed E-state index contributed by atoms with van der Waals surface area (Å²) in [6, 6.07) is 6.82. The van der Waals surface area contributed by atoms with Crippen LogP contribution in [0.1, 0.15) is 44.6 Å². The third kappa shape index (κ3) is 2.54. The van der Waals surface area contributed by atoms with Crippen LogP contribution >= 0.6 is 11.6 Å². The van der Waals surface area contributed by atoms with E-state index in [-0.39, 0.29) is 0 Å². The maximum atomic E-state index is 6.04. The Hall–Kier alpha value is -1.02. The van der Waals surface area contributed by atoms with Crippen LogP contribution in [0.5, 0.6) is 0 Å². The minimum absolute atomic E-state index is 0.436. The largest absolute Gasteiger partial charge is 0.324 e. The summed E-state index contributed by atoms with van der Waals surface area (Å²) in [5, 5.41) is 0. The zero-order chi connectivity index (χ0) is 13.3. The highest BCUT2D eigenvalue weighted by molar-refractivity contribution is 6.16. The standard InChI is InChI=1S/C15H21ClN2/c1-10(2)7-12(4)18-14-8-11(3)5-6-13(14)17-15(18)9-16/h5-6,8,10,12H,7,9H2,1-4H3. The minimum Gasteiger partial charge on any atom is -0.324 e. The number of benzene rings is 1. The predicted octanol–water partition coefficient (Wildman–Crippen LogP) is 4.69. The van der Waals surface area contributed by atoms with E-state index in [0.717, 1.165) is 17.8 Å². The second-order valence-electron chi connectivity index (χ2n) is 5.50. The average Bonchev–Trinajstić information content (AvgIpc) is 2.65. The summed E-state index contributed by atoms with van der Waals surface area (Å²) < 4.78 is 2.30. The predicted molar refractivity (Wildman–Crippen MR) is 78.2 cm³/mol. The summed E-state index contributed by atoms with van der Waals surface area (Å²) >= 11 is 6.04. The Morgan fingerprint density at radius 1 is 1.28 bits per heavy atom. The molecule has 3 heteroatoms. The second-order valence-corrected chi connectivity index (χ2v) is 5.77. The first-order valence-electron chi connectivity index (χ1n) is 6.56. The molecule has 98 valence electrons. The first kappa shape index (κ1) is 13.4. The van der Waals surface area contributed by atoms with Crippen molar-refractivity contribution in [3.63, 3.8) is 0 Å². The van der Waals surface area contributed by atoms with Gasteiger partial charge in [0.15, 0.2) is 0 Å². The van der Waals surface area contributed by atoms with E-state index < -0.39 is 0 Å². The molecule has 2 nitrogen and oxygen atoms in total. The lowest BCUT2D eigenvalue weighted by molar-refractivity contribution is 0.428. The van der Waals surface area contributed by atoms with Gasteiger partial charge in [0.2, 0.25) is 0 Å². The smallest absolute Gasteiger partial charge is 0.125 e. The van der Waals surface area contributed by atoms with Crippen LogP contribution in [0.15, 0.2) is 18.2 Å². The zero-order valence-corrected chi connectivity index (χ0v) is 12.3. The molecule has 1 aromatic carbocycles. The van der Waals surface area contributed by atoms with Crippen LogP contribution in [0, 0.1) is 12.8 Å². The van der Waals surface area contributed by atoms with Gasteiger partial charge in [-0.2, -0.15) is 0 Å². The van der Waals surface area contributed by atoms with Crippen LogP contribution in [0.3, 0.4) is 0 Å². The number of hydrogen-bond donors (Lipinski definition) is 0. The number of alkyl halides is 1. The van der Waals surface area contributed by atoms with E-state index in [0.29, 0.717) is 17.8 Å². The van der Waals surface area contributed by atoms with E-state index in [4.69, 9.17) is 11.6 Å². The molecule has 0 aliphatic rings. The number of aromatic nitrogens is 2. The van der Waals surface area contributed by atoms with Gasteiger partial charge in [-0.3, -0.25) is 0 Å². The molecule has 0 spiro atoms. The van der Waals surface area contributed by atoms with Gasteiger partial charge in [-0.1, -0.05) is 19.9 Å². The fourth-order valence-corrected chi connectivity index (χ4v) is 2.82. The van der Waals surface area contributed by atoms with Gasteiger partial charge in [0, 0.05) is 6.04 Å². The number of hydrogen-bond acceptors (Lipinski definition) is 1. The second kappa shape index (κ2) is 5.31. The molecule has 0 N–H and O–H groups in total. The van der Waals surface area contributed by atoms with Crippen LogP contribution in [0.2, 0.25) is 0 Å². The van der Waals surface area contributed by atoms with Crippen molar-refractivity contribution < 1.29 is 0 Å². The Bertz CT molecular complexity index is 543. The van der Waals surface area contributed by atoms with E-state index in [1.54, 1.807) is 0 Å². The van der Waals surface area contributed by atoms with E-state index >= 15 is 0 Å². The maximum Gasteiger partial charge on any atom is 0.125 e. The first-order valence-corrected chi connectivity index (χ1v) is 7.09. The van der Waals surface area contributed by atoms with Crippen molar-refractivity contribution in [3.8, 4) is 0 Å². The highest BCUT2D eigenvalue weighted by Crippen LogP contribution is 2.26. The van der Waals surface area contributed by atoms with Gasteiger partial charge >= 0.3 is 0 Å². The van der Waals surface area contributed by atoms with E-state index in [1.807, 2.05) is 0 Å². The van der Waals surface area contributed by atoms with Gasteiger partial charge < -0.3 is 4.57 Å². The normalized spacial score (nSPS) is 13.4. The quantitative estimate of drug-likeness (QED) is 0.733. The molecule has 1 atom stereocenters. The van der Waals surface area contributed by atoms with E-state index in [9.17, 15) is 0 Å². The Balaban J connectivity index is 2.54. The summed E-state index contributed by atoms with van der Waals surface area (Å²) in [6.07, 6.45) is 1.14. The molecule has 18 heavy (non-hydrogen) atoms. The van der Waals surface area contributed by atoms with Gasteiger partial charge in [-0.25, -0.2) is 4.98 Å². The molecule has 0 amide bonds. The molecule has 0 fully saturated rings. The molecule has 0 bridgehead atoms. The van der Waals surface area contributed by atoms with Gasteiger partial charge in [-0.15, -0.1) is 11.6 Å². The summed E-state index contributed by atoms with van der Waals surface area (Å²) in [4.78, 5) is 4.63. The first-order chi connectivity index (χ1) is 8.52. The van der Waals surface area contributed by atoms with Crippen molar-refractivity contribution >= 4 is 22.6 Å². The Morgan fingerprint density at radius 3 is 2.61 bits per heavy atom. The van der Waals surface area contributed by atoms with Crippen LogP contribution in [0.4, 0.5) is 0 Å². The van der Waals surface area contributed by atoms with Crippen molar-refractivity contribution in [2.45, 2.75) is 46.0 Å². The third-order valence-corrected chi connectivity index (χ3v) is 3.53. The lowest BCUT2D eigenvalue weighted by Crippen LogP contribution is -2.10. The molecule has 2 rings (SSSR count). The van der Waals surface area contributed by atoms with Crippen molar-refractivity contribution in [3.05, 3.63) is 29.6 Å². The number of rotatable bonds is 4. The maximum absolute atomic E-state index is 6.04. The highest BCUT2D eigenvalue weighted by Gasteiger charge is 2.16.